The van der Waals surface area contributed by atoms with Crippen molar-refractivity contribution in [1.29, 1.82) is 0 Å². The minimum Gasteiger partial charge on any atom is -0.496 e. The van der Waals surface area contributed by atoms with Gasteiger partial charge in [0.15, 0.2) is 5.13 Å². The van der Waals surface area contributed by atoms with E-state index in [9.17, 15) is 5.11 Å². The highest BCUT2D eigenvalue weighted by molar-refractivity contribution is 7.16. The van der Waals surface area contributed by atoms with Crippen molar-refractivity contribution in [3.63, 3.8) is 0 Å². The van der Waals surface area contributed by atoms with Crippen LogP contribution in [0.2, 0.25) is 5.02 Å². The van der Waals surface area contributed by atoms with Crippen LogP contribution in [0.1, 0.15) is 52.4 Å². The molecule has 178 valence electrons. The van der Waals surface area contributed by atoms with Crippen LogP contribution >= 0.6 is 22.9 Å². The molecule has 1 aliphatic rings. The van der Waals surface area contributed by atoms with Crippen LogP contribution < -0.4 is 9.64 Å². The minimum atomic E-state index is 0.0462. The van der Waals surface area contributed by atoms with Gasteiger partial charge in [0.1, 0.15) is 5.75 Å². The van der Waals surface area contributed by atoms with E-state index in [4.69, 9.17) is 27.7 Å². The summed E-state index contributed by atoms with van der Waals surface area (Å²) in [6, 6.07) is 10.4. The standard InChI is InChI=1S/C28H31ClN2O2S/c1-6-11-31(25(14-20-7-8-20)21-9-10-22(16-32)17(2)12-21)28-30-27(19(4)34-28)23-13-18(3)26(33-5)15-24(23)29/h1,9-10,12-13,15,20,25,32H,7-8,11,14,16H2,2-5H3. The second-order valence-corrected chi connectivity index (χ2v) is 10.7. The molecule has 0 aliphatic heterocycles. The van der Waals surface area contributed by atoms with E-state index in [0.717, 1.165) is 50.1 Å². The summed E-state index contributed by atoms with van der Waals surface area (Å²) in [5.41, 5.74) is 6.07. The first-order valence-corrected chi connectivity index (χ1v) is 12.8. The SMILES string of the molecule is C#CCN(c1nc(-c2cc(C)c(OC)cc2Cl)c(C)s1)C(CC1CC1)c1ccc(CO)c(C)c1. The molecule has 0 radical (unpaired) electrons. The number of aromatic nitrogens is 1. The lowest BCUT2D eigenvalue weighted by Crippen LogP contribution is -2.29. The molecular weight excluding hydrogens is 464 g/mol. The zero-order valence-corrected chi connectivity index (χ0v) is 21.8. The third-order valence-corrected chi connectivity index (χ3v) is 7.90. The molecule has 1 aromatic heterocycles. The monoisotopic (exact) mass is 494 g/mol. The molecule has 34 heavy (non-hydrogen) atoms. The van der Waals surface area contributed by atoms with Crippen LogP contribution in [-0.2, 0) is 6.61 Å². The summed E-state index contributed by atoms with van der Waals surface area (Å²) in [6.07, 6.45) is 9.41. The maximum absolute atomic E-state index is 9.63. The Hall–Kier alpha value is -2.52. The van der Waals surface area contributed by atoms with Crippen LogP contribution in [0, 0.1) is 39.0 Å². The van der Waals surface area contributed by atoms with Gasteiger partial charge in [0, 0.05) is 10.4 Å². The van der Waals surface area contributed by atoms with E-state index < -0.39 is 0 Å². The lowest BCUT2D eigenvalue weighted by molar-refractivity contribution is 0.281. The fraction of sp³-hybridized carbons (Fsp3) is 0.393. The largest absolute Gasteiger partial charge is 0.496 e. The Morgan fingerprint density at radius 1 is 1.24 bits per heavy atom. The first-order valence-electron chi connectivity index (χ1n) is 11.6. The number of nitrogens with zero attached hydrogens (tertiary/aromatic N) is 2. The smallest absolute Gasteiger partial charge is 0.187 e. The number of benzene rings is 2. The second kappa shape index (κ2) is 10.4. The lowest BCUT2D eigenvalue weighted by atomic mass is 9.96. The summed E-state index contributed by atoms with van der Waals surface area (Å²) in [5, 5.41) is 11.2. The first-order chi connectivity index (χ1) is 16.4. The maximum Gasteiger partial charge on any atom is 0.187 e. The van der Waals surface area contributed by atoms with Crippen molar-refractivity contribution in [1.82, 2.24) is 4.98 Å². The Morgan fingerprint density at radius 2 is 2.00 bits per heavy atom. The third-order valence-electron chi connectivity index (χ3n) is 6.58. The van der Waals surface area contributed by atoms with Crippen molar-refractivity contribution in [2.24, 2.45) is 5.92 Å². The van der Waals surface area contributed by atoms with Crippen LogP contribution in [0.15, 0.2) is 30.3 Å². The number of aryl methyl sites for hydroxylation is 3. The summed E-state index contributed by atoms with van der Waals surface area (Å²) in [6.45, 7) is 6.66. The number of terminal acetylenes is 1. The van der Waals surface area contributed by atoms with Crippen LogP contribution in [0.4, 0.5) is 5.13 Å². The van der Waals surface area contributed by atoms with Gasteiger partial charge in [-0.2, -0.15) is 0 Å². The van der Waals surface area contributed by atoms with Gasteiger partial charge in [-0.05, 0) is 67.5 Å². The number of thiazole rings is 1. The molecule has 4 rings (SSSR count). The van der Waals surface area contributed by atoms with E-state index in [1.54, 1.807) is 18.4 Å². The van der Waals surface area contributed by atoms with Crippen LogP contribution in [0.5, 0.6) is 5.75 Å². The van der Waals surface area contributed by atoms with E-state index in [1.165, 1.54) is 18.4 Å². The van der Waals surface area contributed by atoms with Gasteiger partial charge >= 0.3 is 0 Å². The van der Waals surface area contributed by atoms with Crippen LogP contribution in [-0.4, -0.2) is 23.7 Å². The first kappa shape index (κ1) is 24.6. The van der Waals surface area contributed by atoms with Gasteiger partial charge in [-0.1, -0.05) is 48.6 Å². The van der Waals surface area contributed by atoms with Crippen molar-refractivity contribution in [2.45, 2.75) is 52.7 Å². The Labute approximate surface area is 211 Å². The predicted molar refractivity (Wildman–Crippen MR) is 142 cm³/mol. The number of ether oxygens (including phenoxy) is 1. The number of methoxy groups -OCH3 is 1. The molecule has 1 aliphatic carbocycles. The number of aliphatic hydroxyl groups is 1. The molecule has 6 heteroatoms. The van der Waals surface area contributed by atoms with E-state index >= 15 is 0 Å². The molecule has 0 bridgehead atoms. The van der Waals surface area contributed by atoms with Crippen molar-refractivity contribution < 1.29 is 9.84 Å². The van der Waals surface area contributed by atoms with Crippen molar-refractivity contribution in [3.05, 3.63) is 62.5 Å². The van der Waals surface area contributed by atoms with Gasteiger partial charge in [0.05, 0.1) is 37.0 Å². The molecular formula is C28H31ClN2O2S. The number of hydrogen-bond acceptors (Lipinski definition) is 5. The topological polar surface area (TPSA) is 45.6 Å². The summed E-state index contributed by atoms with van der Waals surface area (Å²) in [5.74, 6) is 4.34. The van der Waals surface area contributed by atoms with E-state index in [2.05, 4.69) is 36.8 Å². The highest BCUT2D eigenvalue weighted by Gasteiger charge is 2.32. The number of rotatable bonds is 9. The zero-order valence-electron chi connectivity index (χ0n) is 20.2. The molecule has 1 heterocycles. The normalized spacial score (nSPS) is 14.0. The number of halogens is 1. The Bertz CT molecular complexity index is 1230. The highest BCUT2D eigenvalue weighted by Crippen LogP contribution is 2.44. The third kappa shape index (κ3) is 5.10. The lowest BCUT2D eigenvalue weighted by Gasteiger charge is -2.31. The maximum atomic E-state index is 9.63. The fourth-order valence-corrected chi connectivity index (χ4v) is 5.66. The Kier molecular flexibility index (Phi) is 7.52. The molecule has 1 fully saturated rings. The fourth-order valence-electron chi connectivity index (χ4n) is 4.45. The average Bonchev–Trinajstić information content (AvgIpc) is 3.56. The minimum absolute atomic E-state index is 0.0462. The van der Waals surface area contributed by atoms with Gasteiger partial charge in [-0.15, -0.1) is 17.8 Å². The number of aliphatic hydroxyl groups excluding tert-OH is 1. The van der Waals surface area contributed by atoms with Gasteiger partial charge in [0.2, 0.25) is 0 Å². The summed E-state index contributed by atoms with van der Waals surface area (Å²) >= 11 is 8.29. The van der Waals surface area contributed by atoms with Crippen molar-refractivity contribution in [2.75, 3.05) is 18.6 Å². The molecule has 1 unspecified atom stereocenters. The van der Waals surface area contributed by atoms with Gasteiger partial charge in [-0.3, -0.25) is 0 Å². The highest BCUT2D eigenvalue weighted by atomic mass is 35.5. The Balaban J connectivity index is 1.76. The number of hydrogen-bond donors (Lipinski definition) is 1. The molecule has 4 nitrogen and oxygen atoms in total. The molecule has 1 saturated carbocycles. The average molecular weight is 495 g/mol. The van der Waals surface area contributed by atoms with E-state index in [0.29, 0.717) is 17.5 Å². The van der Waals surface area contributed by atoms with Crippen LogP contribution in [0.3, 0.4) is 0 Å². The van der Waals surface area contributed by atoms with Gasteiger partial charge < -0.3 is 14.7 Å². The quantitative estimate of drug-likeness (QED) is 0.330. The van der Waals surface area contributed by atoms with Gasteiger partial charge in [-0.25, -0.2) is 4.98 Å². The molecule has 0 spiro atoms. The molecule has 1 atom stereocenters. The summed E-state index contributed by atoms with van der Waals surface area (Å²) in [7, 11) is 1.65. The molecule has 2 aromatic carbocycles. The predicted octanol–water partition coefficient (Wildman–Crippen LogP) is 6.87. The van der Waals surface area contributed by atoms with Crippen molar-refractivity contribution in [3.8, 4) is 29.4 Å². The molecule has 3 aromatic rings. The molecule has 0 amide bonds. The number of anilines is 1. The Morgan fingerprint density at radius 3 is 2.62 bits per heavy atom. The summed E-state index contributed by atoms with van der Waals surface area (Å²) < 4.78 is 5.42. The second-order valence-electron chi connectivity index (χ2n) is 9.07. The molecule has 1 N–H and O–H groups in total. The van der Waals surface area contributed by atoms with Crippen molar-refractivity contribution >= 4 is 28.1 Å². The summed E-state index contributed by atoms with van der Waals surface area (Å²) in [4.78, 5) is 8.43. The zero-order chi connectivity index (χ0) is 24.4. The molecule has 0 saturated heterocycles. The van der Waals surface area contributed by atoms with E-state index in [-0.39, 0.29) is 12.6 Å². The van der Waals surface area contributed by atoms with E-state index in [1.807, 2.05) is 25.1 Å². The van der Waals surface area contributed by atoms with Gasteiger partial charge in [0.25, 0.3) is 0 Å². The van der Waals surface area contributed by atoms with Crippen LogP contribution in [0.25, 0.3) is 11.3 Å².